The van der Waals surface area contributed by atoms with Crippen LogP contribution in [0.3, 0.4) is 0 Å². The summed E-state index contributed by atoms with van der Waals surface area (Å²) in [5, 5.41) is 0. The topological polar surface area (TPSA) is 49.6 Å². The predicted molar refractivity (Wildman–Crippen MR) is 72.9 cm³/mol. The molecule has 2 N–H and O–H groups in total. The van der Waals surface area contributed by atoms with E-state index in [1.54, 1.807) is 4.90 Å². The Morgan fingerprint density at radius 2 is 1.76 bits per heavy atom. The first-order valence-corrected chi connectivity index (χ1v) is 6.67. The van der Waals surface area contributed by atoms with Crippen molar-refractivity contribution in [3.05, 3.63) is 0 Å². The first-order valence-electron chi connectivity index (χ1n) is 6.67. The van der Waals surface area contributed by atoms with Crippen molar-refractivity contribution in [1.29, 1.82) is 0 Å². The lowest BCUT2D eigenvalue weighted by Gasteiger charge is -2.32. The molecule has 0 bridgehead atoms. The van der Waals surface area contributed by atoms with Gasteiger partial charge in [-0.2, -0.15) is 0 Å². The zero-order chi connectivity index (χ0) is 13.4. The standard InChI is InChI=1S/C13H29N3O/c1-6-12(7-2)16(9-8-14)10-13(17)15(5)11(3)4/h11-12H,6-10,14H2,1-5H3. The Bertz CT molecular complexity index is 215. The summed E-state index contributed by atoms with van der Waals surface area (Å²) in [5.41, 5.74) is 5.62. The first kappa shape index (κ1) is 16.4. The largest absolute Gasteiger partial charge is 0.342 e. The van der Waals surface area contributed by atoms with Crippen molar-refractivity contribution in [3.8, 4) is 0 Å². The van der Waals surface area contributed by atoms with E-state index in [1.807, 2.05) is 20.9 Å². The molecule has 17 heavy (non-hydrogen) atoms. The van der Waals surface area contributed by atoms with Gasteiger partial charge in [-0.25, -0.2) is 0 Å². The number of nitrogens with two attached hydrogens (primary N) is 1. The van der Waals surface area contributed by atoms with Gasteiger partial charge >= 0.3 is 0 Å². The van der Waals surface area contributed by atoms with Crippen LogP contribution in [0.1, 0.15) is 40.5 Å². The summed E-state index contributed by atoms with van der Waals surface area (Å²) in [6, 6.07) is 0.715. The summed E-state index contributed by atoms with van der Waals surface area (Å²) in [6.07, 6.45) is 2.13. The van der Waals surface area contributed by atoms with Gasteiger partial charge in [0.25, 0.3) is 0 Å². The van der Waals surface area contributed by atoms with Gasteiger partial charge < -0.3 is 10.6 Å². The lowest BCUT2D eigenvalue weighted by atomic mass is 10.1. The lowest BCUT2D eigenvalue weighted by molar-refractivity contribution is -0.133. The van der Waals surface area contributed by atoms with Crippen molar-refractivity contribution in [3.63, 3.8) is 0 Å². The molecule has 0 spiro atoms. The second-order valence-electron chi connectivity index (χ2n) is 4.83. The van der Waals surface area contributed by atoms with Crippen LogP contribution in [0.4, 0.5) is 0 Å². The molecule has 0 aliphatic rings. The van der Waals surface area contributed by atoms with Crippen LogP contribution in [-0.4, -0.2) is 54.5 Å². The highest BCUT2D eigenvalue weighted by atomic mass is 16.2. The smallest absolute Gasteiger partial charge is 0.236 e. The van der Waals surface area contributed by atoms with Crippen molar-refractivity contribution in [1.82, 2.24) is 9.80 Å². The number of hydrogen-bond acceptors (Lipinski definition) is 3. The van der Waals surface area contributed by atoms with Gasteiger partial charge in [-0.15, -0.1) is 0 Å². The molecule has 0 saturated heterocycles. The number of amides is 1. The summed E-state index contributed by atoms with van der Waals surface area (Å²) in [5.74, 6) is 0.181. The molecule has 0 heterocycles. The van der Waals surface area contributed by atoms with Gasteiger partial charge in [0, 0.05) is 32.2 Å². The predicted octanol–water partition coefficient (Wildman–Crippen LogP) is 1.30. The average molecular weight is 243 g/mol. The molecule has 0 aliphatic heterocycles. The van der Waals surface area contributed by atoms with E-state index >= 15 is 0 Å². The normalized spacial score (nSPS) is 11.6. The van der Waals surface area contributed by atoms with Gasteiger partial charge in [0.2, 0.25) is 5.91 Å². The van der Waals surface area contributed by atoms with Crippen LogP contribution in [0.5, 0.6) is 0 Å². The Morgan fingerprint density at radius 3 is 2.12 bits per heavy atom. The van der Waals surface area contributed by atoms with E-state index in [-0.39, 0.29) is 11.9 Å². The van der Waals surface area contributed by atoms with E-state index in [0.29, 0.717) is 19.1 Å². The molecule has 0 aromatic carbocycles. The molecular weight excluding hydrogens is 214 g/mol. The molecule has 0 aromatic rings. The molecule has 0 fully saturated rings. The third-order valence-electron chi connectivity index (χ3n) is 3.38. The molecule has 0 aromatic heterocycles. The highest BCUT2D eigenvalue weighted by molar-refractivity contribution is 5.78. The molecule has 4 heteroatoms. The number of likely N-dealkylation sites (N-methyl/N-ethyl adjacent to an activating group) is 1. The Morgan fingerprint density at radius 1 is 1.24 bits per heavy atom. The van der Waals surface area contributed by atoms with E-state index in [9.17, 15) is 4.79 Å². The maximum Gasteiger partial charge on any atom is 0.236 e. The fraction of sp³-hybridized carbons (Fsp3) is 0.923. The van der Waals surface area contributed by atoms with E-state index < -0.39 is 0 Å². The minimum absolute atomic E-state index is 0.181. The van der Waals surface area contributed by atoms with Crippen LogP contribution in [0.15, 0.2) is 0 Å². The van der Waals surface area contributed by atoms with Gasteiger partial charge in [-0.05, 0) is 26.7 Å². The van der Waals surface area contributed by atoms with Gasteiger partial charge in [0.1, 0.15) is 0 Å². The molecule has 0 atom stereocenters. The van der Waals surface area contributed by atoms with Crippen molar-refractivity contribution < 1.29 is 4.79 Å². The van der Waals surface area contributed by atoms with Crippen LogP contribution < -0.4 is 5.73 Å². The second-order valence-corrected chi connectivity index (χ2v) is 4.83. The van der Waals surface area contributed by atoms with Crippen molar-refractivity contribution in [2.45, 2.75) is 52.6 Å². The SMILES string of the molecule is CCC(CC)N(CCN)CC(=O)N(C)C(C)C. The highest BCUT2D eigenvalue weighted by Crippen LogP contribution is 2.08. The summed E-state index contributed by atoms with van der Waals surface area (Å²) in [7, 11) is 1.86. The third kappa shape index (κ3) is 5.50. The maximum atomic E-state index is 12.0. The number of rotatable bonds is 8. The van der Waals surface area contributed by atoms with Crippen LogP contribution in [-0.2, 0) is 4.79 Å². The molecule has 102 valence electrons. The van der Waals surface area contributed by atoms with Gasteiger partial charge in [-0.3, -0.25) is 9.69 Å². The van der Waals surface area contributed by atoms with Crippen LogP contribution in [0.25, 0.3) is 0 Å². The van der Waals surface area contributed by atoms with Crippen molar-refractivity contribution in [2.75, 3.05) is 26.7 Å². The molecule has 4 nitrogen and oxygen atoms in total. The fourth-order valence-electron chi connectivity index (χ4n) is 1.93. The zero-order valence-electron chi connectivity index (χ0n) is 12.1. The van der Waals surface area contributed by atoms with Crippen LogP contribution in [0, 0.1) is 0 Å². The number of carbonyl (C=O) groups is 1. The molecule has 0 rings (SSSR count). The Hall–Kier alpha value is -0.610. The fourth-order valence-corrected chi connectivity index (χ4v) is 1.93. The minimum atomic E-state index is 0.181. The first-order chi connectivity index (χ1) is 7.97. The molecular formula is C13H29N3O. The zero-order valence-corrected chi connectivity index (χ0v) is 12.1. The summed E-state index contributed by atoms with van der Waals surface area (Å²) >= 11 is 0. The molecule has 1 amide bonds. The van der Waals surface area contributed by atoms with Crippen molar-refractivity contribution in [2.24, 2.45) is 5.73 Å². The minimum Gasteiger partial charge on any atom is -0.342 e. The van der Waals surface area contributed by atoms with Crippen molar-refractivity contribution >= 4 is 5.91 Å². The Balaban J connectivity index is 4.47. The average Bonchev–Trinajstić information content (AvgIpc) is 2.29. The molecule has 0 radical (unpaired) electrons. The van der Waals surface area contributed by atoms with Gasteiger partial charge in [-0.1, -0.05) is 13.8 Å². The number of carbonyl (C=O) groups excluding carboxylic acids is 1. The number of hydrogen-bond donors (Lipinski definition) is 1. The Kier molecular flexibility index (Phi) is 8.17. The van der Waals surface area contributed by atoms with Gasteiger partial charge in [0.15, 0.2) is 0 Å². The molecule has 0 aliphatic carbocycles. The highest BCUT2D eigenvalue weighted by Gasteiger charge is 2.20. The lowest BCUT2D eigenvalue weighted by Crippen LogP contribution is -2.46. The van der Waals surface area contributed by atoms with Crippen LogP contribution in [0.2, 0.25) is 0 Å². The van der Waals surface area contributed by atoms with Crippen LogP contribution >= 0.6 is 0 Å². The summed E-state index contributed by atoms with van der Waals surface area (Å²) < 4.78 is 0. The van der Waals surface area contributed by atoms with E-state index in [0.717, 1.165) is 19.4 Å². The van der Waals surface area contributed by atoms with E-state index in [2.05, 4.69) is 18.7 Å². The van der Waals surface area contributed by atoms with E-state index in [4.69, 9.17) is 5.73 Å². The van der Waals surface area contributed by atoms with Gasteiger partial charge in [0.05, 0.1) is 6.54 Å². The number of nitrogens with zero attached hydrogens (tertiary/aromatic N) is 2. The monoisotopic (exact) mass is 243 g/mol. The van der Waals surface area contributed by atoms with E-state index in [1.165, 1.54) is 0 Å². The quantitative estimate of drug-likeness (QED) is 0.699. The molecule has 0 unspecified atom stereocenters. The summed E-state index contributed by atoms with van der Waals surface area (Å²) in [6.45, 7) is 10.3. The Labute approximate surface area is 106 Å². The second kappa shape index (κ2) is 8.48. The summed E-state index contributed by atoms with van der Waals surface area (Å²) in [4.78, 5) is 16.1. The molecule has 0 saturated carbocycles. The third-order valence-corrected chi connectivity index (χ3v) is 3.38. The maximum absolute atomic E-state index is 12.0.